The largest absolute Gasteiger partial charge is 0.356 e. The van der Waals surface area contributed by atoms with Crippen molar-refractivity contribution in [3.05, 3.63) is 143 Å². The predicted molar refractivity (Wildman–Crippen MR) is 195 cm³/mol. The molecule has 1 N–H and O–H groups in total. The molecule has 0 atom stereocenters. The van der Waals surface area contributed by atoms with Crippen LogP contribution < -0.4 is 5.32 Å². The van der Waals surface area contributed by atoms with Gasteiger partial charge in [-0.05, 0) is 131 Å². The van der Waals surface area contributed by atoms with E-state index in [4.69, 9.17) is 0 Å². The quantitative estimate of drug-likeness (QED) is 0.127. The van der Waals surface area contributed by atoms with Gasteiger partial charge in [0.2, 0.25) is 0 Å². The molecule has 0 amide bonds. The molecule has 230 valence electrons. The Morgan fingerprint density at radius 3 is 1.58 bits per heavy atom. The van der Waals surface area contributed by atoms with E-state index in [2.05, 4.69) is 141 Å². The average Bonchev–Trinajstić information content (AvgIpc) is 3.08. The van der Waals surface area contributed by atoms with Gasteiger partial charge in [0.15, 0.2) is 0 Å². The normalized spacial score (nSPS) is 12.4. The zero-order valence-corrected chi connectivity index (χ0v) is 27.5. The maximum absolute atomic E-state index is 3.62. The molecular formula is C44H49N. The number of unbranched alkanes of at least 4 members (excludes halogenated alkanes) is 3. The molecule has 6 rings (SSSR count). The summed E-state index contributed by atoms with van der Waals surface area (Å²) in [7, 11) is 0. The lowest BCUT2D eigenvalue weighted by Crippen LogP contribution is -2.19. The molecule has 1 heteroatoms. The van der Waals surface area contributed by atoms with Gasteiger partial charge in [-0.2, -0.15) is 0 Å². The third kappa shape index (κ3) is 7.59. The molecule has 0 aliphatic heterocycles. The van der Waals surface area contributed by atoms with Crippen LogP contribution in [0.1, 0.15) is 87.1 Å². The fourth-order valence-corrected chi connectivity index (χ4v) is 6.71. The fourth-order valence-electron chi connectivity index (χ4n) is 6.71. The van der Waals surface area contributed by atoms with Gasteiger partial charge in [-0.15, -0.1) is 0 Å². The molecule has 0 heterocycles. The van der Waals surface area contributed by atoms with Crippen LogP contribution in [0.5, 0.6) is 0 Å². The lowest BCUT2D eigenvalue weighted by Gasteiger charge is -2.27. The zero-order valence-electron chi connectivity index (χ0n) is 27.5. The molecule has 5 aromatic carbocycles. The van der Waals surface area contributed by atoms with E-state index >= 15 is 0 Å². The molecule has 0 fully saturated rings. The molecule has 1 nitrogen and oxygen atoms in total. The van der Waals surface area contributed by atoms with E-state index in [1.165, 1.54) is 83.9 Å². The first-order valence-electron chi connectivity index (χ1n) is 17.3. The Balaban J connectivity index is 0.974. The van der Waals surface area contributed by atoms with Crippen LogP contribution in [0.4, 0.5) is 11.4 Å². The summed E-state index contributed by atoms with van der Waals surface area (Å²) in [6.45, 7) is 6.94. The Morgan fingerprint density at radius 2 is 1.04 bits per heavy atom. The molecule has 1 aliphatic rings. The van der Waals surface area contributed by atoms with Crippen LogP contribution >= 0.6 is 0 Å². The monoisotopic (exact) mass is 591 g/mol. The van der Waals surface area contributed by atoms with E-state index in [1.54, 1.807) is 11.1 Å². The summed E-state index contributed by atoms with van der Waals surface area (Å²) in [5.74, 6) is 0. The molecule has 1 aliphatic carbocycles. The summed E-state index contributed by atoms with van der Waals surface area (Å²) in [4.78, 5) is 0. The molecule has 0 radical (unpaired) electrons. The van der Waals surface area contributed by atoms with Gasteiger partial charge in [0.1, 0.15) is 0 Å². The molecule has 0 unspecified atom stereocenters. The fraction of sp³-hybridized carbons (Fsp3) is 0.318. The Kier molecular flexibility index (Phi) is 9.84. The van der Waals surface area contributed by atoms with Crippen molar-refractivity contribution in [2.24, 2.45) is 0 Å². The van der Waals surface area contributed by atoms with Crippen LogP contribution in [-0.2, 0) is 31.1 Å². The Morgan fingerprint density at radius 1 is 0.511 bits per heavy atom. The van der Waals surface area contributed by atoms with Crippen molar-refractivity contribution in [1.82, 2.24) is 0 Å². The van der Waals surface area contributed by atoms with E-state index in [0.717, 1.165) is 30.6 Å². The third-order valence-corrected chi connectivity index (χ3v) is 10.4. The van der Waals surface area contributed by atoms with Crippen LogP contribution in [0.15, 0.2) is 115 Å². The summed E-state index contributed by atoms with van der Waals surface area (Å²) in [6.07, 6.45) is 12.4. The number of anilines is 2. The highest BCUT2D eigenvalue weighted by Gasteiger charge is 2.21. The minimum absolute atomic E-state index is 0.259. The molecule has 0 saturated heterocycles. The summed E-state index contributed by atoms with van der Waals surface area (Å²) >= 11 is 0. The lowest BCUT2D eigenvalue weighted by molar-refractivity contribution is 0.439. The van der Waals surface area contributed by atoms with E-state index < -0.39 is 0 Å². The van der Waals surface area contributed by atoms with E-state index in [-0.39, 0.29) is 5.41 Å². The van der Waals surface area contributed by atoms with Crippen LogP contribution in [0.3, 0.4) is 0 Å². The van der Waals surface area contributed by atoms with Crippen molar-refractivity contribution >= 4 is 11.4 Å². The van der Waals surface area contributed by atoms with Gasteiger partial charge in [0, 0.05) is 11.4 Å². The first-order chi connectivity index (χ1) is 22.0. The van der Waals surface area contributed by atoms with E-state index in [9.17, 15) is 0 Å². The number of hydrogen-bond donors (Lipinski definition) is 1. The Labute approximate surface area is 271 Å². The SMILES string of the molecule is CCC(C)(CC)c1ccc(-c2ccc(-c3ccc(Nc4cccc(CCCCCCc5ccc6c(c5)CC6)c4)cc3)cc2)cc1. The molecule has 0 aromatic heterocycles. The minimum Gasteiger partial charge on any atom is -0.356 e. The molecule has 0 spiro atoms. The van der Waals surface area contributed by atoms with E-state index in [1.807, 2.05) is 0 Å². The average molecular weight is 592 g/mol. The highest BCUT2D eigenvalue weighted by atomic mass is 14.9. The topological polar surface area (TPSA) is 12.0 Å². The number of rotatable bonds is 14. The second-order valence-corrected chi connectivity index (χ2v) is 13.3. The third-order valence-electron chi connectivity index (χ3n) is 10.4. The van der Waals surface area contributed by atoms with Crippen molar-refractivity contribution in [3.8, 4) is 22.3 Å². The first-order valence-corrected chi connectivity index (χ1v) is 17.3. The highest BCUT2D eigenvalue weighted by Crippen LogP contribution is 2.33. The molecule has 45 heavy (non-hydrogen) atoms. The maximum Gasteiger partial charge on any atom is 0.0386 e. The van der Waals surface area contributed by atoms with Gasteiger partial charge in [-0.25, -0.2) is 0 Å². The van der Waals surface area contributed by atoms with Gasteiger partial charge in [0.25, 0.3) is 0 Å². The van der Waals surface area contributed by atoms with E-state index in [0.29, 0.717) is 0 Å². The molecular weight excluding hydrogens is 542 g/mol. The van der Waals surface area contributed by atoms with Crippen molar-refractivity contribution in [2.45, 2.75) is 90.4 Å². The summed E-state index contributed by atoms with van der Waals surface area (Å²) in [5.41, 5.74) is 15.1. The first kappa shape index (κ1) is 30.9. The van der Waals surface area contributed by atoms with Crippen molar-refractivity contribution in [1.29, 1.82) is 0 Å². The molecule has 5 aromatic rings. The standard InChI is InChI=1S/C44H49N/c1-4-44(3,5-2)41-27-23-37(24-28-41)35-17-19-36(20-18-35)38-25-29-42(30-26-38)45-43-14-10-13-33(32-43)11-8-6-7-9-12-34-15-16-39-21-22-40(39)31-34/h10,13-20,23-32,45H,4-9,11-12,21-22H2,1-3H3. The predicted octanol–water partition coefficient (Wildman–Crippen LogP) is 12.3. The molecule has 0 saturated carbocycles. The van der Waals surface area contributed by atoms with Gasteiger partial charge < -0.3 is 5.32 Å². The number of nitrogens with one attached hydrogen (secondary N) is 1. The number of fused-ring (bicyclic) bond motifs is 1. The van der Waals surface area contributed by atoms with Crippen LogP contribution in [-0.4, -0.2) is 0 Å². The lowest BCUT2D eigenvalue weighted by atomic mass is 9.77. The van der Waals surface area contributed by atoms with Crippen molar-refractivity contribution in [3.63, 3.8) is 0 Å². The van der Waals surface area contributed by atoms with Gasteiger partial charge in [-0.1, -0.05) is 125 Å². The second kappa shape index (κ2) is 14.3. The van der Waals surface area contributed by atoms with Gasteiger partial charge >= 0.3 is 0 Å². The maximum atomic E-state index is 3.62. The van der Waals surface area contributed by atoms with Crippen LogP contribution in [0.2, 0.25) is 0 Å². The second-order valence-electron chi connectivity index (χ2n) is 13.3. The number of aryl methyl sites for hydroxylation is 4. The zero-order chi connectivity index (χ0) is 31.1. The highest BCUT2D eigenvalue weighted by molar-refractivity contribution is 5.72. The van der Waals surface area contributed by atoms with Crippen molar-refractivity contribution < 1.29 is 0 Å². The number of benzene rings is 5. The van der Waals surface area contributed by atoms with Gasteiger partial charge in [0.05, 0.1) is 0 Å². The smallest absolute Gasteiger partial charge is 0.0386 e. The van der Waals surface area contributed by atoms with Crippen molar-refractivity contribution in [2.75, 3.05) is 5.32 Å². The van der Waals surface area contributed by atoms with Gasteiger partial charge in [-0.3, -0.25) is 0 Å². The minimum atomic E-state index is 0.259. The number of hydrogen-bond acceptors (Lipinski definition) is 1. The Bertz CT molecular complexity index is 1670. The van der Waals surface area contributed by atoms with Crippen LogP contribution in [0, 0.1) is 0 Å². The summed E-state index contributed by atoms with van der Waals surface area (Å²) in [6, 6.07) is 43.0. The van der Waals surface area contributed by atoms with Crippen LogP contribution in [0.25, 0.3) is 22.3 Å². The Hall–Kier alpha value is -4.10. The molecule has 0 bridgehead atoms. The summed E-state index contributed by atoms with van der Waals surface area (Å²) in [5, 5.41) is 3.62. The summed E-state index contributed by atoms with van der Waals surface area (Å²) < 4.78 is 0.